The van der Waals surface area contributed by atoms with Crippen LogP contribution in [0, 0.1) is 0 Å². The molecule has 88 valence electrons. The molecule has 0 aliphatic heterocycles. The van der Waals surface area contributed by atoms with Crippen molar-refractivity contribution in [2.24, 2.45) is 5.73 Å². The molecule has 0 aliphatic carbocycles. The van der Waals surface area contributed by atoms with E-state index in [4.69, 9.17) is 17.3 Å². The monoisotopic (exact) mass is 250 g/mol. The van der Waals surface area contributed by atoms with E-state index in [1.165, 1.54) is 0 Å². The number of rotatable bonds is 3. The summed E-state index contributed by atoms with van der Waals surface area (Å²) in [6.45, 7) is 1.66. The van der Waals surface area contributed by atoms with Crippen LogP contribution in [0.4, 0.5) is 5.82 Å². The predicted octanol–water partition coefficient (Wildman–Crippen LogP) is 1.57. The SMILES string of the molecule is CC(Nc1nnc(Cl)c2ccccc12)C(N)=O. The van der Waals surface area contributed by atoms with Crippen LogP contribution in [0.25, 0.3) is 10.8 Å². The molecule has 1 aromatic carbocycles. The minimum Gasteiger partial charge on any atom is -0.368 e. The quantitative estimate of drug-likeness (QED) is 0.866. The van der Waals surface area contributed by atoms with E-state index in [9.17, 15) is 4.79 Å². The molecule has 1 unspecified atom stereocenters. The van der Waals surface area contributed by atoms with Gasteiger partial charge in [0.1, 0.15) is 6.04 Å². The first-order chi connectivity index (χ1) is 8.09. The minimum absolute atomic E-state index is 0.331. The molecule has 1 atom stereocenters. The highest BCUT2D eigenvalue weighted by molar-refractivity contribution is 6.34. The zero-order valence-corrected chi connectivity index (χ0v) is 9.90. The second kappa shape index (κ2) is 4.55. The van der Waals surface area contributed by atoms with Gasteiger partial charge in [0.05, 0.1) is 0 Å². The molecule has 1 aromatic heterocycles. The van der Waals surface area contributed by atoms with Crippen LogP contribution in [-0.4, -0.2) is 22.1 Å². The molecule has 0 saturated carbocycles. The number of nitrogens with two attached hydrogens (primary N) is 1. The molecular formula is C11H11ClN4O. The number of nitrogens with one attached hydrogen (secondary N) is 1. The number of anilines is 1. The lowest BCUT2D eigenvalue weighted by molar-refractivity contribution is -0.118. The van der Waals surface area contributed by atoms with Gasteiger partial charge in [0, 0.05) is 10.8 Å². The standard InChI is InChI=1S/C11H11ClN4O/c1-6(10(13)17)14-11-8-5-3-2-4-7(8)9(12)15-16-11/h2-6H,1H3,(H2,13,17)(H,14,16). The van der Waals surface area contributed by atoms with Crippen LogP contribution < -0.4 is 11.1 Å². The molecule has 0 spiro atoms. The average Bonchev–Trinajstić information content (AvgIpc) is 2.33. The minimum atomic E-state index is -0.520. The summed E-state index contributed by atoms with van der Waals surface area (Å²) in [6, 6.07) is 6.89. The Morgan fingerprint density at radius 3 is 2.65 bits per heavy atom. The Bertz CT molecular complexity index is 572. The van der Waals surface area contributed by atoms with Crippen molar-refractivity contribution >= 4 is 34.1 Å². The molecule has 1 amide bonds. The molecule has 2 aromatic rings. The summed E-state index contributed by atoms with van der Waals surface area (Å²) in [5, 5.41) is 12.6. The van der Waals surface area contributed by atoms with Gasteiger partial charge in [-0.3, -0.25) is 4.79 Å². The maximum Gasteiger partial charge on any atom is 0.239 e. The molecule has 0 saturated heterocycles. The molecule has 5 nitrogen and oxygen atoms in total. The number of nitrogens with zero attached hydrogens (tertiary/aromatic N) is 2. The first-order valence-electron chi connectivity index (χ1n) is 5.06. The second-order valence-corrected chi connectivity index (χ2v) is 4.01. The smallest absolute Gasteiger partial charge is 0.239 e. The topological polar surface area (TPSA) is 80.9 Å². The van der Waals surface area contributed by atoms with Crippen molar-refractivity contribution < 1.29 is 4.79 Å². The fraction of sp³-hybridized carbons (Fsp3) is 0.182. The Kier molecular flexibility index (Phi) is 3.10. The van der Waals surface area contributed by atoms with Gasteiger partial charge in [-0.05, 0) is 6.92 Å². The Balaban J connectivity index is 2.48. The van der Waals surface area contributed by atoms with Gasteiger partial charge >= 0.3 is 0 Å². The van der Waals surface area contributed by atoms with Crippen LogP contribution in [0.2, 0.25) is 5.15 Å². The highest BCUT2D eigenvalue weighted by atomic mass is 35.5. The summed E-state index contributed by atoms with van der Waals surface area (Å²) >= 11 is 5.94. The first-order valence-corrected chi connectivity index (χ1v) is 5.44. The molecule has 6 heteroatoms. The summed E-state index contributed by atoms with van der Waals surface area (Å²) in [5.74, 6) is 0.0436. The van der Waals surface area contributed by atoms with Crippen LogP contribution >= 0.6 is 11.6 Å². The normalized spacial score (nSPS) is 12.4. The van der Waals surface area contributed by atoms with Crippen molar-refractivity contribution in [3.8, 4) is 0 Å². The lowest BCUT2D eigenvalue weighted by Crippen LogP contribution is -2.32. The zero-order valence-electron chi connectivity index (χ0n) is 9.14. The summed E-state index contributed by atoms with van der Waals surface area (Å²) in [6.07, 6.45) is 0. The average molecular weight is 251 g/mol. The Labute approximate surface area is 103 Å². The van der Waals surface area contributed by atoms with Gasteiger partial charge in [-0.1, -0.05) is 35.9 Å². The second-order valence-electron chi connectivity index (χ2n) is 3.65. The third-order valence-corrected chi connectivity index (χ3v) is 2.70. The number of carbonyl (C=O) groups is 1. The molecule has 0 aliphatic rings. The third-order valence-electron chi connectivity index (χ3n) is 2.42. The number of primary amides is 1. The fourth-order valence-corrected chi connectivity index (χ4v) is 1.66. The summed E-state index contributed by atoms with van der Waals surface area (Å²) < 4.78 is 0. The van der Waals surface area contributed by atoms with Crippen LogP contribution in [0.15, 0.2) is 24.3 Å². The van der Waals surface area contributed by atoms with Gasteiger partial charge in [-0.25, -0.2) is 0 Å². The Morgan fingerprint density at radius 1 is 1.35 bits per heavy atom. The van der Waals surface area contributed by atoms with Gasteiger partial charge in [0.2, 0.25) is 5.91 Å². The molecule has 3 N–H and O–H groups in total. The van der Waals surface area contributed by atoms with E-state index in [0.717, 1.165) is 10.8 Å². The Hall–Kier alpha value is -1.88. The van der Waals surface area contributed by atoms with E-state index in [-0.39, 0.29) is 0 Å². The van der Waals surface area contributed by atoms with Crippen LogP contribution in [-0.2, 0) is 4.79 Å². The summed E-state index contributed by atoms with van der Waals surface area (Å²) in [5.41, 5.74) is 5.18. The predicted molar refractivity (Wildman–Crippen MR) is 66.8 cm³/mol. The van der Waals surface area contributed by atoms with Gasteiger partial charge in [0.15, 0.2) is 11.0 Å². The van der Waals surface area contributed by atoms with E-state index in [1.54, 1.807) is 6.92 Å². The van der Waals surface area contributed by atoms with Crippen molar-refractivity contribution in [2.75, 3.05) is 5.32 Å². The first kappa shape index (κ1) is 11.6. The van der Waals surface area contributed by atoms with Crippen molar-refractivity contribution in [1.82, 2.24) is 10.2 Å². The van der Waals surface area contributed by atoms with Crippen LogP contribution in [0.1, 0.15) is 6.92 Å². The number of aromatic nitrogens is 2. The Morgan fingerprint density at radius 2 is 2.00 bits per heavy atom. The van der Waals surface area contributed by atoms with E-state index in [0.29, 0.717) is 11.0 Å². The van der Waals surface area contributed by atoms with E-state index in [2.05, 4.69) is 15.5 Å². The van der Waals surface area contributed by atoms with Gasteiger partial charge in [0.25, 0.3) is 0 Å². The fourth-order valence-electron chi connectivity index (χ4n) is 1.45. The number of amides is 1. The number of benzene rings is 1. The number of halogens is 1. The molecule has 1 heterocycles. The number of carbonyl (C=O) groups excluding carboxylic acids is 1. The summed E-state index contributed by atoms with van der Waals surface area (Å²) in [4.78, 5) is 11.0. The van der Waals surface area contributed by atoms with Crippen molar-refractivity contribution in [2.45, 2.75) is 13.0 Å². The zero-order chi connectivity index (χ0) is 12.4. The highest BCUT2D eigenvalue weighted by Gasteiger charge is 2.12. The lowest BCUT2D eigenvalue weighted by Gasteiger charge is -2.12. The van der Waals surface area contributed by atoms with E-state index in [1.807, 2.05) is 24.3 Å². The number of hydrogen-bond donors (Lipinski definition) is 2. The third kappa shape index (κ3) is 2.29. The van der Waals surface area contributed by atoms with Gasteiger partial charge in [-0.15, -0.1) is 10.2 Å². The molecular weight excluding hydrogens is 240 g/mol. The van der Waals surface area contributed by atoms with Gasteiger partial charge < -0.3 is 11.1 Å². The highest BCUT2D eigenvalue weighted by Crippen LogP contribution is 2.25. The molecule has 0 bridgehead atoms. The van der Waals surface area contributed by atoms with Gasteiger partial charge in [-0.2, -0.15) is 0 Å². The lowest BCUT2D eigenvalue weighted by atomic mass is 10.2. The molecule has 0 radical (unpaired) electrons. The molecule has 0 fully saturated rings. The molecule has 17 heavy (non-hydrogen) atoms. The summed E-state index contributed by atoms with van der Waals surface area (Å²) in [7, 11) is 0. The van der Waals surface area contributed by atoms with Crippen LogP contribution in [0.3, 0.4) is 0 Å². The van der Waals surface area contributed by atoms with Crippen molar-refractivity contribution in [1.29, 1.82) is 0 Å². The van der Waals surface area contributed by atoms with E-state index >= 15 is 0 Å². The number of hydrogen-bond acceptors (Lipinski definition) is 4. The maximum absolute atomic E-state index is 11.0. The maximum atomic E-state index is 11.0. The van der Waals surface area contributed by atoms with E-state index < -0.39 is 11.9 Å². The molecule has 2 rings (SSSR count). The van der Waals surface area contributed by atoms with Crippen molar-refractivity contribution in [3.05, 3.63) is 29.4 Å². The van der Waals surface area contributed by atoms with Crippen LogP contribution in [0.5, 0.6) is 0 Å². The largest absolute Gasteiger partial charge is 0.368 e. The van der Waals surface area contributed by atoms with Crippen molar-refractivity contribution in [3.63, 3.8) is 0 Å². The number of fused-ring (bicyclic) bond motifs is 1.